The zero-order valence-corrected chi connectivity index (χ0v) is 15.3. The molecule has 1 unspecified atom stereocenters. The Kier molecular flexibility index (Phi) is 6.63. The Labute approximate surface area is 147 Å². The molecule has 23 heavy (non-hydrogen) atoms. The van der Waals surface area contributed by atoms with Crippen molar-refractivity contribution in [2.24, 2.45) is 16.6 Å². The topological polar surface area (TPSA) is 67.5 Å². The van der Waals surface area contributed by atoms with Crippen LogP contribution in [0.15, 0.2) is 33.7 Å². The number of carbonyl (C=O) groups is 1. The summed E-state index contributed by atoms with van der Waals surface area (Å²) in [6, 6.07) is 7.85. The van der Waals surface area contributed by atoms with Crippen LogP contribution in [0.2, 0.25) is 0 Å². The van der Waals surface area contributed by atoms with Crippen LogP contribution in [0.4, 0.5) is 0 Å². The van der Waals surface area contributed by atoms with Gasteiger partial charge >= 0.3 is 0 Å². The van der Waals surface area contributed by atoms with Crippen molar-refractivity contribution in [3.05, 3.63) is 34.3 Å². The molecule has 0 heterocycles. The average Bonchev–Trinajstić information content (AvgIpc) is 2.59. The van der Waals surface area contributed by atoms with Crippen molar-refractivity contribution >= 4 is 28.2 Å². The molecular formula is C18H26BrN3O. The predicted octanol–water partition coefficient (Wildman–Crippen LogP) is 3.74. The fourth-order valence-corrected chi connectivity index (χ4v) is 3.79. The van der Waals surface area contributed by atoms with Crippen molar-refractivity contribution in [1.82, 2.24) is 5.32 Å². The first kappa shape index (κ1) is 18.0. The molecule has 1 aliphatic rings. The van der Waals surface area contributed by atoms with Crippen LogP contribution in [0.3, 0.4) is 0 Å². The summed E-state index contributed by atoms with van der Waals surface area (Å²) in [5, 5.41) is 3.15. The first-order valence-electron chi connectivity index (χ1n) is 8.32. The van der Waals surface area contributed by atoms with Crippen molar-refractivity contribution in [3.8, 4) is 0 Å². The number of nitrogens with zero attached hydrogens (tertiary/aromatic N) is 1. The van der Waals surface area contributed by atoms with Crippen molar-refractivity contribution in [2.45, 2.75) is 50.5 Å². The number of aldehydes is 1. The molecule has 1 saturated carbocycles. The molecule has 0 bridgehead atoms. The molecule has 0 saturated heterocycles. The molecule has 0 amide bonds. The minimum Gasteiger partial charge on any atom is -0.370 e. The van der Waals surface area contributed by atoms with E-state index < -0.39 is 5.54 Å². The molecule has 126 valence electrons. The standard InChI is InChI=1S/C18H26BrN3O/c1-21-17(20)22-18(13-23,15-8-5-9-16(19)12-15)11-10-14-6-3-2-4-7-14/h5,8-9,12-14H,2-4,6-7,10-11H2,1H3,(H3,20,21,22). The van der Waals surface area contributed by atoms with Gasteiger partial charge in [0.1, 0.15) is 11.8 Å². The summed E-state index contributed by atoms with van der Waals surface area (Å²) in [5.74, 6) is 0.998. The molecule has 1 aromatic rings. The van der Waals surface area contributed by atoms with Gasteiger partial charge in [-0.25, -0.2) is 0 Å². The highest BCUT2D eigenvalue weighted by atomic mass is 79.9. The van der Waals surface area contributed by atoms with Gasteiger partial charge in [-0.05, 0) is 36.5 Å². The summed E-state index contributed by atoms with van der Waals surface area (Å²) in [5.41, 5.74) is 5.99. The highest BCUT2D eigenvalue weighted by molar-refractivity contribution is 9.10. The number of carbonyl (C=O) groups excluding carboxylic acids is 1. The third-order valence-electron chi connectivity index (χ3n) is 4.80. The first-order chi connectivity index (χ1) is 11.1. The van der Waals surface area contributed by atoms with E-state index in [-0.39, 0.29) is 0 Å². The van der Waals surface area contributed by atoms with Gasteiger partial charge in [-0.2, -0.15) is 0 Å². The fourth-order valence-electron chi connectivity index (χ4n) is 3.39. The maximum atomic E-state index is 12.1. The zero-order valence-electron chi connectivity index (χ0n) is 13.7. The lowest BCUT2D eigenvalue weighted by molar-refractivity contribution is -0.113. The summed E-state index contributed by atoms with van der Waals surface area (Å²) < 4.78 is 0.952. The lowest BCUT2D eigenvalue weighted by Gasteiger charge is -2.33. The molecule has 0 radical (unpaired) electrons. The van der Waals surface area contributed by atoms with Gasteiger partial charge in [-0.15, -0.1) is 0 Å². The number of halogens is 1. The molecule has 0 aromatic heterocycles. The van der Waals surface area contributed by atoms with Gasteiger partial charge in [-0.1, -0.05) is 60.2 Å². The maximum Gasteiger partial charge on any atom is 0.189 e. The van der Waals surface area contributed by atoms with Gasteiger partial charge in [0.05, 0.1) is 0 Å². The van der Waals surface area contributed by atoms with E-state index >= 15 is 0 Å². The third-order valence-corrected chi connectivity index (χ3v) is 5.30. The van der Waals surface area contributed by atoms with E-state index in [4.69, 9.17) is 5.73 Å². The number of aliphatic imine (C=N–C) groups is 1. The van der Waals surface area contributed by atoms with Gasteiger partial charge in [-0.3, -0.25) is 4.99 Å². The summed E-state index contributed by atoms with van der Waals surface area (Å²) in [7, 11) is 1.62. The van der Waals surface area contributed by atoms with Crippen molar-refractivity contribution in [2.75, 3.05) is 7.05 Å². The minimum atomic E-state index is -0.815. The smallest absolute Gasteiger partial charge is 0.189 e. The monoisotopic (exact) mass is 379 g/mol. The molecule has 1 atom stereocenters. The molecule has 5 heteroatoms. The van der Waals surface area contributed by atoms with E-state index in [0.717, 1.165) is 29.2 Å². The normalized spacial score (nSPS) is 19.1. The van der Waals surface area contributed by atoms with Crippen LogP contribution in [0.5, 0.6) is 0 Å². The molecule has 0 spiro atoms. The molecule has 1 aliphatic carbocycles. The van der Waals surface area contributed by atoms with Gasteiger partial charge in [0.2, 0.25) is 0 Å². The van der Waals surface area contributed by atoms with E-state index in [9.17, 15) is 4.79 Å². The van der Waals surface area contributed by atoms with Crippen LogP contribution >= 0.6 is 15.9 Å². The average molecular weight is 380 g/mol. The Balaban J connectivity index is 2.23. The van der Waals surface area contributed by atoms with Crippen molar-refractivity contribution < 1.29 is 4.79 Å². The number of benzene rings is 1. The van der Waals surface area contributed by atoms with E-state index in [1.54, 1.807) is 7.05 Å². The minimum absolute atomic E-state index is 0.292. The lowest BCUT2D eigenvalue weighted by Crippen LogP contribution is -2.50. The fraction of sp³-hybridized carbons (Fsp3) is 0.556. The third kappa shape index (κ3) is 4.80. The first-order valence-corrected chi connectivity index (χ1v) is 9.12. The Morgan fingerprint density at radius 2 is 2.17 bits per heavy atom. The highest BCUT2D eigenvalue weighted by Gasteiger charge is 2.33. The summed E-state index contributed by atoms with van der Waals surface area (Å²) in [4.78, 5) is 16.1. The van der Waals surface area contributed by atoms with Crippen LogP contribution in [0.1, 0.15) is 50.5 Å². The van der Waals surface area contributed by atoms with Crippen LogP contribution in [-0.4, -0.2) is 19.3 Å². The number of guanidine groups is 1. The zero-order chi connectivity index (χ0) is 16.7. The second kappa shape index (κ2) is 8.48. The molecule has 3 N–H and O–H groups in total. The lowest BCUT2D eigenvalue weighted by atomic mass is 9.79. The summed E-state index contributed by atoms with van der Waals surface area (Å²) >= 11 is 3.49. The van der Waals surface area contributed by atoms with E-state index in [1.807, 2.05) is 24.3 Å². The largest absolute Gasteiger partial charge is 0.370 e. The molecule has 1 fully saturated rings. The molecule has 4 nitrogen and oxygen atoms in total. The van der Waals surface area contributed by atoms with Gasteiger partial charge in [0.25, 0.3) is 0 Å². The molecular weight excluding hydrogens is 354 g/mol. The number of hydrogen-bond acceptors (Lipinski definition) is 2. The van der Waals surface area contributed by atoms with E-state index in [2.05, 4.69) is 26.2 Å². The summed E-state index contributed by atoms with van der Waals surface area (Å²) in [6.07, 6.45) is 9.23. The predicted molar refractivity (Wildman–Crippen MR) is 98.4 cm³/mol. The molecule has 1 aromatic carbocycles. The quantitative estimate of drug-likeness (QED) is 0.449. The van der Waals surface area contributed by atoms with Crippen LogP contribution < -0.4 is 11.1 Å². The van der Waals surface area contributed by atoms with Crippen LogP contribution in [0, 0.1) is 5.92 Å². The number of nitrogens with one attached hydrogen (secondary N) is 1. The number of rotatable bonds is 6. The molecule has 2 rings (SSSR count). The van der Waals surface area contributed by atoms with Crippen LogP contribution in [-0.2, 0) is 10.3 Å². The maximum absolute atomic E-state index is 12.1. The second-order valence-electron chi connectivity index (χ2n) is 6.38. The highest BCUT2D eigenvalue weighted by Crippen LogP contribution is 2.33. The SMILES string of the molecule is CN=C(N)NC(C=O)(CCC1CCCCC1)c1cccc(Br)c1. The Bertz CT molecular complexity index is 555. The number of nitrogens with two attached hydrogens (primary N) is 1. The van der Waals surface area contributed by atoms with E-state index in [1.165, 1.54) is 32.1 Å². The van der Waals surface area contributed by atoms with Crippen molar-refractivity contribution in [1.29, 1.82) is 0 Å². The Morgan fingerprint density at radius 1 is 1.43 bits per heavy atom. The van der Waals surface area contributed by atoms with Gasteiger partial charge in [0.15, 0.2) is 5.96 Å². The Hall–Kier alpha value is -1.36. The summed E-state index contributed by atoms with van der Waals surface area (Å²) in [6.45, 7) is 0. The van der Waals surface area contributed by atoms with Crippen LogP contribution in [0.25, 0.3) is 0 Å². The number of hydrogen-bond donors (Lipinski definition) is 2. The Morgan fingerprint density at radius 3 is 2.78 bits per heavy atom. The van der Waals surface area contributed by atoms with Gasteiger partial charge < -0.3 is 15.8 Å². The van der Waals surface area contributed by atoms with Crippen molar-refractivity contribution in [3.63, 3.8) is 0 Å². The second-order valence-corrected chi connectivity index (χ2v) is 7.29. The molecule has 0 aliphatic heterocycles. The van der Waals surface area contributed by atoms with E-state index in [0.29, 0.717) is 11.9 Å². The van der Waals surface area contributed by atoms with Gasteiger partial charge in [0, 0.05) is 11.5 Å².